The van der Waals surface area contributed by atoms with E-state index < -0.39 is 5.60 Å². The number of hydrogen-bond acceptors (Lipinski definition) is 2. The highest BCUT2D eigenvalue weighted by Gasteiger charge is 2.55. The number of alkyl halides is 1. The molecule has 96 valence electrons. The van der Waals surface area contributed by atoms with Crippen molar-refractivity contribution in [1.29, 1.82) is 0 Å². The molecular weight excluding hydrogens is 282 g/mol. The Morgan fingerprint density at radius 2 is 1.94 bits per heavy atom. The number of carbonyl (C=O) groups is 1. The highest BCUT2D eigenvalue weighted by molar-refractivity contribution is 9.10. The topological polar surface area (TPSA) is 49.3 Å². The number of nitrogens with one attached hydrogen (secondary N) is 1. The third-order valence-corrected chi connectivity index (χ3v) is 5.33. The normalized spacial score (nSPS) is 49.1. The lowest BCUT2D eigenvalue weighted by molar-refractivity contribution is -0.146. The molecule has 0 aromatic carbocycles. The van der Waals surface area contributed by atoms with Gasteiger partial charge in [-0.05, 0) is 56.8 Å². The molecule has 3 atom stereocenters. The smallest absolute Gasteiger partial charge is 0.233 e. The van der Waals surface area contributed by atoms with E-state index in [-0.39, 0.29) is 10.7 Å². The van der Waals surface area contributed by atoms with Gasteiger partial charge in [0.05, 0.1) is 10.4 Å². The zero-order valence-corrected chi connectivity index (χ0v) is 11.7. The summed E-state index contributed by atoms with van der Waals surface area (Å²) in [7, 11) is 0. The maximum Gasteiger partial charge on any atom is 0.233 e. The van der Waals surface area contributed by atoms with Gasteiger partial charge in [0.2, 0.25) is 5.91 Å². The Kier molecular flexibility index (Phi) is 2.78. The maximum absolute atomic E-state index is 11.8. The molecule has 0 spiro atoms. The number of halogens is 1. The zero-order chi connectivity index (χ0) is 12.2. The summed E-state index contributed by atoms with van der Waals surface area (Å²) in [6.07, 6.45) is 5.17. The van der Waals surface area contributed by atoms with Crippen LogP contribution in [0.25, 0.3) is 0 Å². The third-order valence-electron chi connectivity index (χ3n) is 4.91. The molecule has 4 heteroatoms. The van der Waals surface area contributed by atoms with Gasteiger partial charge >= 0.3 is 0 Å². The number of hydrogen-bond donors (Lipinski definition) is 2. The second-order valence-corrected chi connectivity index (χ2v) is 7.72. The van der Waals surface area contributed by atoms with Crippen molar-refractivity contribution >= 4 is 21.8 Å². The molecule has 2 N–H and O–H groups in total. The van der Waals surface area contributed by atoms with Gasteiger partial charge in [-0.2, -0.15) is 0 Å². The van der Waals surface area contributed by atoms with Crippen molar-refractivity contribution in [3.63, 3.8) is 0 Å². The summed E-state index contributed by atoms with van der Waals surface area (Å²) in [5.41, 5.74) is -0.405. The highest BCUT2D eigenvalue weighted by atomic mass is 79.9. The molecule has 0 saturated heterocycles. The first kappa shape index (κ1) is 12.0. The fraction of sp³-hybridized carbons (Fsp3) is 0.923. The van der Waals surface area contributed by atoms with Gasteiger partial charge in [0.25, 0.3) is 0 Å². The van der Waals surface area contributed by atoms with Gasteiger partial charge in [-0.1, -0.05) is 15.9 Å². The first-order chi connectivity index (χ1) is 7.97. The van der Waals surface area contributed by atoms with Crippen molar-refractivity contribution in [2.45, 2.75) is 55.5 Å². The lowest BCUT2D eigenvalue weighted by Gasteiger charge is -2.58. The first-order valence-corrected chi connectivity index (χ1v) is 7.55. The van der Waals surface area contributed by atoms with Crippen molar-refractivity contribution in [1.82, 2.24) is 5.32 Å². The van der Waals surface area contributed by atoms with E-state index in [4.69, 9.17) is 0 Å². The summed E-state index contributed by atoms with van der Waals surface area (Å²) < 4.78 is 0. The van der Waals surface area contributed by atoms with Crippen LogP contribution in [0.1, 0.15) is 39.0 Å². The van der Waals surface area contributed by atoms with E-state index in [0.717, 1.165) is 19.3 Å². The molecule has 0 aromatic rings. The summed E-state index contributed by atoms with van der Waals surface area (Å²) in [5.74, 6) is 1.80. The van der Waals surface area contributed by atoms with Crippen LogP contribution < -0.4 is 5.32 Å². The summed E-state index contributed by atoms with van der Waals surface area (Å²) in [6, 6.07) is 0.305. The molecule has 4 fully saturated rings. The predicted octanol–water partition coefficient (Wildman–Crippen LogP) is 1.83. The lowest BCUT2D eigenvalue weighted by Crippen LogP contribution is -2.62. The van der Waals surface area contributed by atoms with Gasteiger partial charge in [-0.25, -0.2) is 0 Å². The van der Waals surface area contributed by atoms with E-state index in [1.807, 2.05) is 6.92 Å². The van der Waals surface area contributed by atoms with Crippen LogP contribution in [0.15, 0.2) is 0 Å². The molecule has 0 aromatic heterocycles. The molecule has 3 nitrogen and oxygen atoms in total. The molecule has 1 amide bonds. The van der Waals surface area contributed by atoms with Crippen LogP contribution in [0.2, 0.25) is 0 Å². The van der Waals surface area contributed by atoms with Crippen LogP contribution in [0, 0.1) is 17.8 Å². The van der Waals surface area contributed by atoms with Gasteiger partial charge in [-0.15, -0.1) is 0 Å². The lowest BCUT2D eigenvalue weighted by atomic mass is 9.52. The monoisotopic (exact) mass is 301 g/mol. The standard InChI is InChI=1S/C13H20BrNO2/c1-7(14)12(16)15-11-9-2-8-3-10(11)6-13(17,4-8)5-9/h7-11,17H,2-6H2,1H3,(H,15,16). The Balaban J connectivity index is 1.74. The fourth-order valence-electron chi connectivity index (χ4n) is 4.50. The first-order valence-electron chi connectivity index (χ1n) is 6.64. The molecule has 17 heavy (non-hydrogen) atoms. The number of amides is 1. The Hall–Kier alpha value is -0.0900. The van der Waals surface area contributed by atoms with Crippen LogP contribution in [-0.2, 0) is 4.79 Å². The van der Waals surface area contributed by atoms with Crippen LogP contribution in [-0.4, -0.2) is 27.5 Å². The summed E-state index contributed by atoms with van der Waals surface area (Å²) in [5, 5.41) is 13.6. The van der Waals surface area contributed by atoms with Gasteiger partial charge in [0.15, 0.2) is 0 Å². The third kappa shape index (κ3) is 2.03. The molecular formula is C13H20BrNO2. The largest absolute Gasteiger partial charge is 0.390 e. The molecule has 0 radical (unpaired) electrons. The maximum atomic E-state index is 11.8. The minimum atomic E-state index is -0.405. The van der Waals surface area contributed by atoms with Crippen LogP contribution in [0.4, 0.5) is 0 Å². The molecule has 0 aliphatic heterocycles. The van der Waals surface area contributed by atoms with E-state index >= 15 is 0 Å². The van der Waals surface area contributed by atoms with Crippen molar-refractivity contribution in [2.24, 2.45) is 17.8 Å². The fourth-order valence-corrected chi connectivity index (χ4v) is 4.63. The Morgan fingerprint density at radius 1 is 1.35 bits per heavy atom. The Morgan fingerprint density at radius 3 is 2.41 bits per heavy atom. The Labute approximate surface area is 110 Å². The van der Waals surface area contributed by atoms with Crippen LogP contribution in [0.3, 0.4) is 0 Å². The molecule has 4 rings (SSSR count). The van der Waals surface area contributed by atoms with Gasteiger partial charge in [-0.3, -0.25) is 4.79 Å². The van der Waals surface area contributed by atoms with E-state index in [9.17, 15) is 9.90 Å². The Bertz CT molecular complexity index is 328. The highest BCUT2D eigenvalue weighted by Crippen LogP contribution is 2.55. The summed E-state index contributed by atoms with van der Waals surface area (Å²) in [6.45, 7) is 1.86. The van der Waals surface area contributed by atoms with Crippen molar-refractivity contribution in [3.8, 4) is 0 Å². The molecule has 4 aliphatic carbocycles. The minimum absolute atomic E-state index is 0.0921. The van der Waals surface area contributed by atoms with Crippen molar-refractivity contribution in [3.05, 3.63) is 0 Å². The predicted molar refractivity (Wildman–Crippen MR) is 68.8 cm³/mol. The van der Waals surface area contributed by atoms with Crippen LogP contribution in [0.5, 0.6) is 0 Å². The number of aliphatic hydroxyl groups is 1. The second kappa shape index (κ2) is 3.95. The second-order valence-electron chi connectivity index (χ2n) is 6.34. The van der Waals surface area contributed by atoms with E-state index in [1.165, 1.54) is 12.8 Å². The quantitative estimate of drug-likeness (QED) is 0.765. The summed E-state index contributed by atoms with van der Waals surface area (Å²) in [4.78, 5) is 11.7. The molecule has 4 aliphatic rings. The van der Waals surface area contributed by atoms with Crippen molar-refractivity contribution in [2.75, 3.05) is 0 Å². The number of rotatable bonds is 2. The SMILES string of the molecule is CC(Br)C(=O)NC1C2CC3CC1CC(O)(C3)C2. The number of carbonyl (C=O) groups excluding carboxylic acids is 1. The van der Waals surface area contributed by atoms with Crippen LogP contribution >= 0.6 is 15.9 Å². The minimum Gasteiger partial charge on any atom is -0.390 e. The molecule has 0 heterocycles. The van der Waals surface area contributed by atoms with E-state index in [2.05, 4.69) is 21.2 Å². The molecule has 4 bridgehead atoms. The summed E-state index contributed by atoms with van der Waals surface area (Å²) >= 11 is 3.32. The van der Waals surface area contributed by atoms with E-state index in [1.54, 1.807) is 0 Å². The average molecular weight is 302 g/mol. The van der Waals surface area contributed by atoms with Gasteiger partial charge in [0.1, 0.15) is 0 Å². The molecule has 3 unspecified atom stereocenters. The average Bonchev–Trinajstić information content (AvgIpc) is 2.20. The molecule has 4 saturated carbocycles. The van der Waals surface area contributed by atoms with Gasteiger partial charge < -0.3 is 10.4 Å². The van der Waals surface area contributed by atoms with Gasteiger partial charge in [0, 0.05) is 6.04 Å². The van der Waals surface area contributed by atoms with E-state index in [0.29, 0.717) is 23.8 Å². The zero-order valence-electron chi connectivity index (χ0n) is 10.2. The van der Waals surface area contributed by atoms with Crippen molar-refractivity contribution < 1.29 is 9.90 Å².